The molecule has 0 saturated carbocycles. The third kappa shape index (κ3) is 3.38. The minimum absolute atomic E-state index is 0. The normalized spacial score (nSPS) is 11.5. The highest BCUT2D eigenvalue weighted by Gasteiger charge is 2.30. The number of benzene rings is 3. The second-order valence-corrected chi connectivity index (χ2v) is 6.48. The topological polar surface area (TPSA) is 13.1 Å². The molecule has 28 heavy (non-hydrogen) atoms. The van der Waals surface area contributed by atoms with E-state index in [1.165, 1.54) is 12.1 Å². The van der Waals surface area contributed by atoms with Gasteiger partial charge in [0.25, 0.3) is 5.52 Å². The minimum atomic E-state index is -4.38. The fourth-order valence-corrected chi connectivity index (χ4v) is 3.50. The highest BCUT2D eigenvalue weighted by Crippen LogP contribution is 2.36. The highest BCUT2D eigenvalue weighted by atomic mass is 35.5. The molecule has 0 aliphatic rings. The molecule has 0 aliphatic carbocycles. The first-order chi connectivity index (χ1) is 12.9. The van der Waals surface area contributed by atoms with Crippen LogP contribution in [0.5, 0.6) is 5.75 Å². The summed E-state index contributed by atoms with van der Waals surface area (Å²) >= 11 is 0. The zero-order valence-electron chi connectivity index (χ0n) is 15.2. The molecule has 1 aromatic heterocycles. The molecule has 0 saturated heterocycles. The van der Waals surface area contributed by atoms with E-state index < -0.39 is 11.7 Å². The molecule has 4 aromatic rings. The summed E-state index contributed by atoms with van der Waals surface area (Å²) in [7, 11) is 3.50. The molecule has 0 bridgehead atoms. The molecule has 0 amide bonds. The van der Waals surface area contributed by atoms with Gasteiger partial charge in [0.2, 0.25) is 0 Å². The van der Waals surface area contributed by atoms with Crippen molar-refractivity contribution in [3.8, 4) is 16.9 Å². The molecular formula is C22H17ClF3NO. The van der Waals surface area contributed by atoms with Gasteiger partial charge in [0.1, 0.15) is 7.05 Å². The first-order valence-electron chi connectivity index (χ1n) is 8.45. The Labute approximate surface area is 166 Å². The zero-order chi connectivity index (χ0) is 19.2. The number of methoxy groups -OCH3 is 1. The molecule has 0 fully saturated rings. The average Bonchev–Trinajstić information content (AvgIpc) is 2.66. The van der Waals surface area contributed by atoms with E-state index in [0.29, 0.717) is 16.9 Å². The van der Waals surface area contributed by atoms with Crippen molar-refractivity contribution in [3.63, 3.8) is 0 Å². The van der Waals surface area contributed by atoms with E-state index in [9.17, 15) is 13.2 Å². The van der Waals surface area contributed by atoms with Gasteiger partial charge in [0.05, 0.1) is 18.1 Å². The minimum Gasteiger partial charge on any atom is -1.00 e. The van der Waals surface area contributed by atoms with Gasteiger partial charge in [-0.1, -0.05) is 30.3 Å². The van der Waals surface area contributed by atoms with Crippen molar-refractivity contribution < 1.29 is 34.9 Å². The maximum absolute atomic E-state index is 13.1. The smallest absolute Gasteiger partial charge is 0.416 e. The van der Waals surface area contributed by atoms with Crippen molar-refractivity contribution in [1.29, 1.82) is 0 Å². The second kappa shape index (κ2) is 7.32. The van der Waals surface area contributed by atoms with Gasteiger partial charge >= 0.3 is 6.18 Å². The quantitative estimate of drug-likeness (QED) is 0.370. The number of nitrogens with zero attached hydrogens (tertiary/aromatic N) is 1. The third-order valence-corrected chi connectivity index (χ3v) is 4.75. The molecule has 0 spiro atoms. The molecule has 1 heterocycles. The summed E-state index contributed by atoms with van der Waals surface area (Å²) in [6.07, 6.45) is -2.36. The van der Waals surface area contributed by atoms with E-state index in [2.05, 4.69) is 0 Å². The lowest BCUT2D eigenvalue weighted by molar-refractivity contribution is -0.643. The lowest BCUT2D eigenvalue weighted by Gasteiger charge is -2.12. The first-order valence-corrected chi connectivity index (χ1v) is 8.45. The molecule has 0 N–H and O–H groups in total. The summed E-state index contributed by atoms with van der Waals surface area (Å²) in [6, 6.07) is 17.0. The summed E-state index contributed by atoms with van der Waals surface area (Å²) < 4.78 is 46.9. The predicted octanol–water partition coefficient (Wildman–Crippen LogP) is 2.52. The van der Waals surface area contributed by atoms with Gasteiger partial charge in [0.15, 0.2) is 11.9 Å². The van der Waals surface area contributed by atoms with Gasteiger partial charge < -0.3 is 17.1 Å². The Balaban J connectivity index is 0.00000225. The number of hydrogen-bond donors (Lipinski definition) is 0. The van der Waals surface area contributed by atoms with Gasteiger partial charge in [-0.3, -0.25) is 0 Å². The Morgan fingerprint density at radius 1 is 0.857 bits per heavy atom. The molecule has 2 nitrogen and oxygen atoms in total. The van der Waals surface area contributed by atoms with Gasteiger partial charge in [-0.15, -0.1) is 0 Å². The van der Waals surface area contributed by atoms with E-state index in [-0.39, 0.29) is 12.4 Å². The van der Waals surface area contributed by atoms with Gasteiger partial charge in [-0.05, 0) is 41.5 Å². The maximum atomic E-state index is 13.1. The van der Waals surface area contributed by atoms with Gasteiger partial charge in [-0.25, -0.2) is 0 Å². The number of ether oxygens (including phenoxy) is 1. The molecule has 144 valence electrons. The number of aromatic nitrogens is 1. The van der Waals surface area contributed by atoms with E-state index in [0.717, 1.165) is 27.7 Å². The molecule has 6 heteroatoms. The van der Waals surface area contributed by atoms with Crippen LogP contribution in [0.3, 0.4) is 0 Å². The standard InChI is InChI=1S/C22H17F3NO.ClH/c1-26-13-15-6-3-4-9-18(15)19-11-16(12-20(27-2)21(19)26)14-7-5-8-17(10-14)22(23,24)25;/h3-13H,1-2H3;1H/q+1;/p-1. The first kappa shape index (κ1) is 20.0. The molecular weight excluding hydrogens is 387 g/mol. The average molecular weight is 404 g/mol. The van der Waals surface area contributed by atoms with Crippen molar-refractivity contribution in [1.82, 2.24) is 0 Å². The summed E-state index contributed by atoms with van der Waals surface area (Å²) in [4.78, 5) is 0. The van der Waals surface area contributed by atoms with E-state index >= 15 is 0 Å². The summed E-state index contributed by atoms with van der Waals surface area (Å²) in [5.74, 6) is 0.619. The lowest BCUT2D eigenvalue weighted by Crippen LogP contribution is -3.00. The molecule has 3 aromatic carbocycles. The van der Waals surface area contributed by atoms with E-state index in [1.54, 1.807) is 19.2 Å². The summed E-state index contributed by atoms with van der Waals surface area (Å²) in [6.45, 7) is 0. The molecule has 0 aliphatic heterocycles. The highest BCUT2D eigenvalue weighted by molar-refractivity contribution is 6.07. The van der Waals surface area contributed by atoms with Crippen LogP contribution in [-0.4, -0.2) is 7.11 Å². The molecule has 0 atom stereocenters. The number of pyridine rings is 1. The molecule has 0 radical (unpaired) electrons. The molecule has 0 unspecified atom stereocenters. The van der Waals surface area contributed by atoms with Crippen LogP contribution in [0, 0.1) is 0 Å². The fraction of sp³-hybridized carbons (Fsp3) is 0.136. The van der Waals surface area contributed by atoms with Crippen LogP contribution in [0.2, 0.25) is 0 Å². The SMILES string of the molecule is COc1cc(-c2cccc(C(F)(F)F)c2)cc2c3ccccc3c[n+](C)c12.[Cl-]. The Morgan fingerprint density at radius 3 is 2.32 bits per heavy atom. The van der Waals surface area contributed by atoms with Crippen LogP contribution in [0.15, 0.2) is 66.9 Å². The Kier molecular flexibility index (Phi) is 5.22. The fourth-order valence-electron chi connectivity index (χ4n) is 3.50. The number of rotatable bonds is 2. The van der Waals surface area contributed by atoms with Crippen molar-refractivity contribution in [2.45, 2.75) is 6.18 Å². The lowest BCUT2D eigenvalue weighted by atomic mass is 9.98. The summed E-state index contributed by atoms with van der Waals surface area (Å²) in [5, 5.41) is 3.01. The van der Waals surface area contributed by atoms with Crippen LogP contribution < -0.4 is 21.7 Å². The third-order valence-electron chi connectivity index (χ3n) is 4.75. The Bertz CT molecular complexity index is 1170. The van der Waals surface area contributed by atoms with Crippen LogP contribution >= 0.6 is 0 Å². The zero-order valence-corrected chi connectivity index (χ0v) is 16.0. The van der Waals surface area contributed by atoms with Crippen LogP contribution in [0.4, 0.5) is 13.2 Å². The number of fused-ring (bicyclic) bond motifs is 3. The van der Waals surface area contributed by atoms with Crippen molar-refractivity contribution in [2.24, 2.45) is 7.05 Å². The van der Waals surface area contributed by atoms with Crippen molar-refractivity contribution in [3.05, 3.63) is 72.4 Å². The van der Waals surface area contributed by atoms with Crippen LogP contribution in [0.25, 0.3) is 32.8 Å². The maximum Gasteiger partial charge on any atom is 0.416 e. The van der Waals surface area contributed by atoms with Crippen molar-refractivity contribution in [2.75, 3.05) is 7.11 Å². The number of aryl methyl sites for hydroxylation is 1. The largest absolute Gasteiger partial charge is 1.00 e. The van der Waals surface area contributed by atoms with Gasteiger partial charge in [-0.2, -0.15) is 17.7 Å². The number of hydrogen-bond acceptors (Lipinski definition) is 1. The van der Waals surface area contributed by atoms with Crippen molar-refractivity contribution >= 4 is 21.7 Å². The Hall–Kier alpha value is -2.79. The second-order valence-electron chi connectivity index (χ2n) is 6.48. The number of halogens is 4. The van der Waals surface area contributed by atoms with Crippen LogP contribution in [0.1, 0.15) is 5.56 Å². The van der Waals surface area contributed by atoms with E-state index in [4.69, 9.17) is 4.74 Å². The molecule has 4 rings (SSSR count). The monoisotopic (exact) mass is 403 g/mol. The number of alkyl halides is 3. The summed E-state index contributed by atoms with van der Waals surface area (Å²) in [5.41, 5.74) is 1.41. The predicted molar refractivity (Wildman–Crippen MR) is 99.6 cm³/mol. The Morgan fingerprint density at radius 2 is 1.61 bits per heavy atom. The van der Waals surface area contributed by atoms with E-state index in [1.807, 2.05) is 48.1 Å². The van der Waals surface area contributed by atoms with Crippen LogP contribution in [-0.2, 0) is 13.2 Å². The van der Waals surface area contributed by atoms with Gasteiger partial charge in [0, 0.05) is 10.8 Å².